The average Bonchev–Trinajstić information content (AvgIpc) is 3.14. The van der Waals surface area contributed by atoms with Gasteiger partial charge in [0.15, 0.2) is 0 Å². The molecule has 3 aromatic rings. The average molecular weight is 519 g/mol. The molecule has 0 nitrogen and oxygen atoms in total. The van der Waals surface area contributed by atoms with Crippen LogP contribution in [0, 0.1) is 2.88 Å². The Bertz CT molecular complexity index is 790. The lowest BCUT2D eigenvalue weighted by Gasteiger charge is -2.12. The van der Waals surface area contributed by atoms with Crippen molar-refractivity contribution in [3.05, 3.63) is 33.2 Å². The van der Waals surface area contributed by atoms with Crippen LogP contribution in [0.3, 0.4) is 0 Å². The molecule has 0 unspecified atom stereocenters. The van der Waals surface area contributed by atoms with Crippen LogP contribution < -0.4 is 9.00 Å². The molecule has 0 radical (unpaired) electrons. The minimum absolute atomic E-state index is 1.23. The lowest BCUT2D eigenvalue weighted by Crippen LogP contribution is -2.34. The minimum Gasteiger partial charge on any atom is -0.145 e. The number of rotatable bonds is 4. The molecule has 3 aromatic heterocycles. The maximum Gasteiger partial charge on any atom is 0.0904 e. The molecule has 3 rings (SSSR count). The summed E-state index contributed by atoms with van der Waals surface area (Å²) >= 11 is 8.42. The summed E-state index contributed by atoms with van der Waals surface area (Å²) in [5.41, 5.74) is 1.43. The van der Waals surface area contributed by atoms with Crippen molar-refractivity contribution < 1.29 is 0 Å². The van der Waals surface area contributed by atoms with Crippen molar-refractivity contribution in [3.63, 3.8) is 0 Å². The molecule has 0 aliphatic carbocycles. The molecule has 24 heavy (non-hydrogen) atoms. The van der Waals surface area contributed by atoms with Crippen LogP contribution in [0.15, 0.2) is 30.3 Å². The Morgan fingerprint density at radius 1 is 0.708 bits per heavy atom. The normalized spacial score (nSPS) is 12.8. The summed E-state index contributed by atoms with van der Waals surface area (Å²) in [6.45, 7) is 14.6. The van der Waals surface area contributed by atoms with Gasteiger partial charge in [0.25, 0.3) is 0 Å². The third kappa shape index (κ3) is 3.98. The minimum atomic E-state index is -1.23. The highest BCUT2D eigenvalue weighted by atomic mass is 127. The van der Waals surface area contributed by atoms with E-state index in [1.807, 2.05) is 34.0 Å². The fraction of sp³-hybridized carbons (Fsp3) is 0.333. The highest BCUT2D eigenvalue weighted by Gasteiger charge is 2.23. The molecule has 0 N–H and O–H groups in total. The highest BCUT2D eigenvalue weighted by Crippen LogP contribution is 2.43. The Morgan fingerprint density at radius 2 is 1.21 bits per heavy atom. The molecule has 0 fully saturated rings. The Hall–Kier alpha value is 0.264. The van der Waals surface area contributed by atoms with Crippen LogP contribution in [-0.2, 0) is 0 Å². The Kier molecular flexibility index (Phi) is 5.37. The maximum atomic E-state index is 2.47. The van der Waals surface area contributed by atoms with Crippen molar-refractivity contribution >= 4 is 81.7 Å². The summed E-state index contributed by atoms with van der Waals surface area (Å²) < 4.78 is 4.57. The second kappa shape index (κ2) is 6.77. The molecule has 0 bridgehead atoms. The molecule has 0 spiro atoms. The predicted molar refractivity (Wildman–Crippen MR) is 130 cm³/mol. The van der Waals surface area contributed by atoms with E-state index >= 15 is 0 Å². The molecule has 6 heteroatoms. The summed E-state index contributed by atoms with van der Waals surface area (Å²) in [5, 5.41) is 0. The summed E-state index contributed by atoms with van der Waals surface area (Å²) in [7, 11) is -2.45. The third-order valence-electron chi connectivity index (χ3n) is 3.88. The molecule has 0 aromatic carbocycles. The van der Waals surface area contributed by atoms with Gasteiger partial charge in [-0.2, -0.15) is 0 Å². The Balaban J connectivity index is 2.06. The van der Waals surface area contributed by atoms with Crippen LogP contribution in [0.2, 0.25) is 39.3 Å². The quantitative estimate of drug-likeness (QED) is 0.260. The van der Waals surface area contributed by atoms with Gasteiger partial charge in [-0.05, 0) is 49.8 Å². The predicted octanol–water partition coefficient (Wildman–Crippen LogP) is 6.90. The molecule has 128 valence electrons. The van der Waals surface area contributed by atoms with E-state index in [0.717, 1.165) is 0 Å². The molecule has 3 heterocycles. The van der Waals surface area contributed by atoms with Gasteiger partial charge < -0.3 is 0 Å². The molecule has 0 aliphatic rings. The van der Waals surface area contributed by atoms with Gasteiger partial charge in [0.2, 0.25) is 0 Å². The van der Waals surface area contributed by atoms with Crippen molar-refractivity contribution in [1.29, 1.82) is 0 Å². The van der Waals surface area contributed by atoms with E-state index in [9.17, 15) is 0 Å². The van der Waals surface area contributed by atoms with E-state index in [1.54, 1.807) is 9.00 Å². The topological polar surface area (TPSA) is 0 Å². The lowest BCUT2D eigenvalue weighted by atomic mass is 10.2. The first-order valence-corrected chi connectivity index (χ1v) is 18.6. The summed E-state index contributed by atoms with van der Waals surface area (Å²) in [4.78, 5) is 4.33. The van der Waals surface area contributed by atoms with Crippen LogP contribution in [0.4, 0.5) is 0 Å². The van der Waals surface area contributed by atoms with E-state index < -0.39 is 16.1 Å². The van der Waals surface area contributed by atoms with Crippen LogP contribution in [0.5, 0.6) is 0 Å². The summed E-state index contributed by atoms with van der Waals surface area (Å²) in [6.07, 6.45) is 0. The fourth-order valence-electron chi connectivity index (χ4n) is 2.48. The Labute approximate surface area is 173 Å². The zero-order chi connectivity index (χ0) is 17.7. The molecule has 0 amide bonds. The first kappa shape index (κ1) is 19.0. The van der Waals surface area contributed by atoms with E-state index in [-0.39, 0.29) is 0 Å². The van der Waals surface area contributed by atoms with Gasteiger partial charge in [-0.3, -0.25) is 0 Å². The molecular weight excluding hydrogens is 495 g/mol. The van der Waals surface area contributed by atoms with Crippen LogP contribution in [0.1, 0.15) is 0 Å². The molecule has 0 aliphatic heterocycles. The zero-order valence-electron chi connectivity index (χ0n) is 15.0. The fourth-order valence-corrected chi connectivity index (χ4v) is 10.3. The second-order valence-corrected chi connectivity index (χ2v) is 24.0. The number of hydrogen-bond donors (Lipinski definition) is 0. The van der Waals surface area contributed by atoms with Crippen LogP contribution >= 0.6 is 56.6 Å². The molecule has 0 saturated heterocycles. The number of hydrogen-bond acceptors (Lipinski definition) is 3. The standard InChI is InChI=1S/C18H23IS3Si2/c1-23(2,3)16-9-7-13(20-16)12-11-15(19)22-18(12)14-8-10-17(21-14)24(4,5)6/h7-11H,1-6H3. The van der Waals surface area contributed by atoms with E-state index in [1.165, 1.54) is 23.1 Å². The van der Waals surface area contributed by atoms with Gasteiger partial charge in [-0.15, -0.1) is 34.0 Å². The van der Waals surface area contributed by atoms with Crippen molar-refractivity contribution in [2.45, 2.75) is 39.3 Å². The van der Waals surface area contributed by atoms with E-state index in [4.69, 9.17) is 0 Å². The lowest BCUT2D eigenvalue weighted by molar-refractivity contribution is 1.78. The van der Waals surface area contributed by atoms with E-state index in [2.05, 4.69) is 92.2 Å². The van der Waals surface area contributed by atoms with Crippen LogP contribution in [0.25, 0.3) is 20.2 Å². The van der Waals surface area contributed by atoms with Gasteiger partial charge in [0, 0.05) is 15.3 Å². The molecule has 0 atom stereocenters. The zero-order valence-corrected chi connectivity index (χ0v) is 21.6. The van der Waals surface area contributed by atoms with Crippen molar-refractivity contribution in [2.75, 3.05) is 0 Å². The Morgan fingerprint density at radius 3 is 1.71 bits per heavy atom. The van der Waals surface area contributed by atoms with Crippen LogP contribution in [-0.4, -0.2) is 16.1 Å². The van der Waals surface area contributed by atoms with Crippen molar-refractivity contribution in [1.82, 2.24) is 0 Å². The van der Waals surface area contributed by atoms with Gasteiger partial charge in [0.1, 0.15) is 0 Å². The van der Waals surface area contributed by atoms with Gasteiger partial charge >= 0.3 is 0 Å². The highest BCUT2D eigenvalue weighted by molar-refractivity contribution is 14.1. The van der Waals surface area contributed by atoms with Crippen molar-refractivity contribution in [2.24, 2.45) is 0 Å². The first-order valence-electron chi connectivity index (χ1n) is 8.06. The second-order valence-electron chi connectivity index (χ2n) is 8.12. The molecule has 0 saturated carbocycles. The van der Waals surface area contributed by atoms with Crippen molar-refractivity contribution in [3.8, 4) is 20.2 Å². The van der Waals surface area contributed by atoms with Gasteiger partial charge in [-0.1, -0.05) is 51.4 Å². The first-order chi connectivity index (χ1) is 11.1. The number of halogens is 1. The van der Waals surface area contributed by atoms with Gasteiger partial charge in [0.05, 0.1) is 23.9 Å². The third-order valence-corrected chi connectivity index (χ3v) is 15.4. The monoisotopic (exact) mass is 518 g/mol. The molecular formula is C18H23IS3Si2. The smallest absolute Gasteiger partial charge is 0.0904 e. The SMILES string of the molecule is C[Si](C)(C)c1ccc(-c2cc(I)sc2-c2ccc([Si](C)(C)C)s2)s1. The summed E-state index contributed by atoms with van der Waals surface area (Å²) in [5.74, 6) is 0. The number of thiophene rings is 3. The van der Waals surface area contributed by atoms with E-state index in [0.29, 0.717) is 0 Å². The summed E-state index contributed by atoms with van der Waals surface area (Å²) in [6, 6.07) is 11.8. The van der Waals surface area contributed by atoms with Gasteiger partial charge in [-0.25, -0.2) is 0 Å². The maximum absolute atomic E-state index is 2.47. The largest absolute Gasteiger partial charge is 0.145 e.